The van der Waals surface area contributed by atoms with Gasteiger partial charge in [0.15, 0.2) is 0 Å². The van der Waals surface area contributed by atoms with Gasteiger partial charge in [-0.25, -0.2) is 0 Å². The highest BCUT2D eigenvalue weighted by Crippen LogP contribution is 2.48. The second kappa shape index (κ2) is 12.9. The molecule has 0 aliphatic rings. The van der Waals surface area contributed by atoms with Crippen molar-refractivity contribution in [3.63, 3.8) is 0 Å². The van der Waals surface area contributed by atoms with Crippen molar-refractivity contribution in [3.8, 4) is 33.4 Å². The van der Waals surface area contributed by atoms with Gasteiger partial charge < -0.3 is 9.32 Å². The maximum absolute atomic E-state index is 6.44. The van der Waals surface area contributed by atoms with Gasteiger partial charge in [0, 0.05) is 36.8 Å². The van der Waals surface area contributed by atoms with E-state index < -0.39 is 0 Å². The van der Waals surface area contributed by atoms with Crippen LogP contribution in [0.4, 0.5) is 17.1 Å². The number of hydrogen-bond acceptors (Lipinski definition) is 3. The minimum atomic E-state index is 0.871. The van der Waals surface area contributed by atoms with Gasteiger partial charge in [0.05, 0.1) is 16.8 Å². The van der Waals surface area contributed by atoms with Crippen LogP contribution >= 0.6 is 11.3 Å². The number of anilines is 3. The monoisotopic (exact) mass is 719 g/mol. The van der Waals surface area contributed by atoms with Crippen molar-refractivity contribution in [1.29, 1.82) is 0 Å². The van der Waals surface area contributed by atoms with E-state index in [9.17, 15) is 0 Å². The first kappa shape index (κ1) is 31.6. The SMILES string of the molecule is c1ccc(N(c2ccc(-c3ccc(-c4ccc5ccccc5c4)cc3)cc2)c2cccc3oc4ccccc4c23)c(-c2cccc3sc4ccccc4c23)c1. The number of benzene rings is 9. The second-order valence-electron chi connectivity index (χ2n) is 14.1. The first-order chi connectivity index (χ1) is 27.3. The minimum absolute atomic E-state index is 0.871. The summed E-state index contributed by atoms with van der Waals surface area (Å²) >= 11 is 1.86. The highest BCUT2D eigenvalue weighted by Gasteiger charge is 2.23. The molecule has 0 spiro atoms. The van der Waals surface area contributed by atoms with E-state index in [1.807, 2.05) is 17.4 Å². The summed E-state index contributed by atoms with van der Waals surface area (Å²) in [6, 6.07) is 72.2. The fourth-order valence-corrected chi connectivity index (χ4v) is 9.40. The zero-order valence-electron chi connectivity index (χ0n) is 29.8. The van der Waals surface area contributed by atoms with Crippen LogP contribution in [0.2, 0.25) is 0 Å². The maximum Gasteiger partial charge on any atom is 0.137 e. The minimum Gasteiger partial charge on any atom is -0.456 e. The Labute approximate surface area is 322 Å². The van der Waals surface area contributed by atoms with Gasteiger partial charge in [-0.15, -0.1) is 11.3 Å². The van der Waals surface area contributed by atoms with Crippen LogP contribution in [0.25, 0.3) is 86.3 Å². The smallest absolute Gasteiger partial charge is 0.137 e. The molecular weight excluding hydrogens is 687 g/mol. The van der Waals surface area contributed by atoms with Crippen molar-refractivity contribution in [2.75, 3.05) is 4.90 Å². The van der Waals surface area contributed by atoms with Crippen molar-refractivity contribution in [2.45, 2.75) is 0 Å². The molecular formula is C52H33NOS. The number of fused-ring (bicyclic) bond motifs is 7. The fraction of sp³-hybridized carbons (Fsp3) is 0. The van der Waals surface area contributed by atoms with E-state index >= 15 is 0 Å². The van der Waals surface area contributed by atoms with Gasteiger partial charge in [0.1, 0.15) is 11.2 Å². The van der Waals surface area contributed by atoms with Crippen molar-refractivity contribution in [1.82, 2.24) is 0 Å². The number of rotatable bonds is 6. The summed E-state index contributed by atoms with van der Waals surface area (Å²) < 4.78 is 9.03. The van der Waals surface area contributed by atoms with Crippen LogP contribution in [0, 0.1) is 0 Å². The Morgan fingerprint density at radius 3 is 1.80 bits per heavy atom. The van der Waals surface area contributed by atoms with E-state index in [1.54, 1.807) is 0 Å². The Kier molecular flexibility index (Phi) is 7.39. The Balaban J connectivity index is 1.06. The Morgan fingerprint density at radius 1 is 0.364 bits per heavy atom. The van der Waals surface area contributed by atoms with E-state index in [0.717, 1.165) is 39.0 Å². The third kappa shape index (κ3) is 5.32. The molecule has 2 heterocycles. The van der Waals surface area contributed by atoms with Crippen molar-refractivity contribution >= 4 is 81.3 Å². The lowest BCUT2D eigenvalue weighted by Gasteiger charge is -2.29. The van der Waals surface area contributed by atoms with E-state index in [-0.39, 0.29) is 0 Å². The molecule has 0 radical (unpaired) electrons. The fourth-order valence-electron chi connectivity index (χ4n) is 8.27. The Morgan fingerprint density at radius 2 is 0.945 bits per heavy atom. The molecule has 0 atom stereocenters. The van der Waals surface area contributed by atoms with Gasteiger partial charge in [-0.1, -0.05) is 146 Å². The average molecular weight is 720 g/mol. The molecule has 0 N–H and O–H groups in total. The third-order valence-corrected chi connectivity index (χ3v) is 12.0. The van der Waals surface area contributed by atoms with E-state index in [1.165, 1.54) is 64.3 Å². The quantitative estimate of drug-likeness (QED) is 0.170. The summed E-state index contributed by atoms with van der Waals surface area (Å²) in [7, 11) is 0. The average Bonchev–Trinajstić information content (AvgIpc) is 3.83. The third-order valence-electron chi connectivity index (χ3n) is 10.9. The first-order valence-electron chi connectivity index (χ1n) is 18.7. The molecule has 0 bridgehead atoms. The van der Waals surface area contributed by atoms with Crippen LogP contribution < -0.4 is 4.90 Å². The number of nitrogens with zero attached hydrogens (tertiary/aromatic N) is 1. The molecule has 0 aliphatic heterocycles. The zero-order chi connectivity index (χ0) is 36.3. The number of thiophene rings is 1. The number of furan rings is 1. The molecule has 258 valence electrons. The zero-order valence-corrected chi connectivity index (χ0v) is 30.6. The molecule has 2 aromatic heterocycles. The lowest BCUT2D eigenvalue weighted by molar-refractivity contribution is 0.669. The van der Waals surface area contributed by atoms with Gasteiger partial charge in [0.25, 0.3) is 0 Å². The van der Waals surface area contributed by atoms with Crippen LogP contribution in [-0.2, 0) is 0 Å². The highest BCUT2D eigenvalue weighted by molar-refractivity contribution is 7.25. The summed E-state index contributed by atoms with van der Waals surface area (Å²) in [5.41, 5.74) is 12.2. The van der Waals surface area contributed by atoms with Crippen LogP contribution in [0.1, 0.15) is 0 Å². The number of para-hydroxylation sites is 2. The topological polar surface area (TPSA) is 16.4 Å². The standard InChI is InChI=1S/C52H33NOS/c1-2-12-38-33-39(28-27-34(38)11-1)37-25-23-35(24-26-37)36-29-31-40(32-30-36)53(46-18-10-20-48-52(46)43-14-4-7-19-47(43)54-48)45-17-6-3-13-41(45)42-16-9-22-50-51(42)44-15-5-8-21-49(44)55-50/h1-33H. The summed E-state index contributed by atoms with van der Waals surface area (Å²) in [6.45, 7) is 0. The molecule has 0 saturated heterocycles. The first-order valence-corrected chi connectivity index (χ1v) is 19.5. The van der Waals surface area contributed by atoms with E-state index in [4.69, 9.17) is 4.42 Å². The predicted octanol–water partition coefficient (Wildman–Crippen LogP) is 15.6. The van der Waals surface area contributed by atoms with Gasteiger partial charge in [0.2, 0.25) is 0 Å². The molecule has 9 aromatic carbocycles. The summed E-state index contributed by atoms with van der Waals surface area (Å²) in [4.78, 5) is 2.42. The summed E-state index contributed by atoms with van der Waals surface area (Å²) in [5, 5.41) is 7.30. The molecule has 55 heavy (non-hydrogen) atoms. The van der Waals surface area contributed by atoms with E-state index in [0.29, 0.717) is 0 Å². The van der Waals surface area contributed by atoms with Crippen molar-refractivity contribution < 1.29 is 4.42 Å². The van der Waals surface area contributed by atoms with Crippen LogP contribution in [-0.4, -0.2) is 0 Å². The summed E-state index contributed by atoms with van der Waals surface area (Å²) in [6.07, 6.45) is 0. The Hall–Kier alpha value is -6.94. The molecule has 0 fully saturated rings. The lowest BCUT2D eigenvalue weighted by Crippen LogP contribution is -2.11. The molecule has 0 aliphatic carbocycles. The van der Waals surface area contributed by atoms with Gasteiger partial charge in [-0.2, -0.15) is 0 Å². The molecule has 11 rings (SSSR count). The molecule has 0 saturated carbocycles. The van der Waals surface area contributed by atoms with Gasteiger partial charge >= 0.3 is 0 Å². The normalized spacial score (nSPS) is 11.6. The van der Waals surface area contributed by atoms with Gasteiger partial charge in [-0.3, -0.25) is 0 Å². The van der Waals surface area contributed by atoms with Crippen LogP contribution in [0.5, 0.6) is 0 Å². The summed E-state index contributed by atoms with van der Waals surface area (Å²) in [5.74, 6) is 0. The van der Waals surface area contributed by atoms with Crippen LogP contribution in [0.3, 0.4) is 0 Å². The molecule has 3 heteroatoms. The second-order valence-corrected chi connectivity index (χ2v) is 15.1. The van der Waals surface area contributed by atoms with Crippen molar-refractivity contribution in [2.24, 2.45) is 0 Å². The number of hydrogen-bond donors (Lipinski definition) is 0. The van der Waals surface area contributed by atoms with Gasteiger partial charge in [-0.05, 0) is 93.2 Å². The van der Waals surface area contributed by atoms with E-state index in [2.05, 4.69) is 199 Å². The lowest BCUT2D eigenvalue weighted by atomic mass is 9.96. The van der Waals surface area contributed by atoms with Crippen molar-refractivity contribution in [3.05, 3.63) is 200 Å². The molecule has 2 nitrogen and oxygen atoms in total. The predicted molar refractivity (Wildman–Crippen MR) is 235 cm³/mol. The maximum atomic E-state index is 6.44. The molecule has 0 unspecified atom stereocenters. The largest absolute Gasteiger partial charge is 0.456 e. The molecule has 0 amide bonds. The van der Waals surface area contributed by atoms with Crippen LogP contribution in [0.15, 0.2) is 205 Å². The Bertz CT molecular complexity index is 3210. The highest BCUT2D eigenvalue weighted by atomic mass is 32.1. The molecule has 11 aromatic rings.